The Morgan fingerprint density at radius 3 is 2.42 bits per heavy atom. The van der Waals surface area contributed by atoms with Crippen LogP contribution in [0.25, 0.3) is 0 Å². The molecule has 0 spiro atoms. The summed E-state index contributed by atoms with van der Waals surface area (Å²) in [7, 11) is 0. The van der Waals surface area contributed by atoms with Gasteiger partial charge in [-0.25, -0.2) is 0 Å². The fraction of sp³-hybridized carbons (Fsp3) is 1.00. The molecule has 0 radical (unpaired) electrons. The van der Waals surface area contributed by atoms with Crippen molar-refractivity contribution < 1.29 is 0 Å². The first kappa shape index (κ1) is 10.4. The first-order chi connectivity index (χ1) is 5.67. The van der Waals surface area contributed by atoms with Crippen molar-refractivity contribution in [3.8, 4) is 0 Å². The maximum absolute atomic E-state index is 5.62. The van der Waals surface area contributed by atoms with E-state index in [0.29, 0.717) is 5.41 Å². The molecule has 0 bridgehead atoms. The van der Waals surface area contributed by atoms with Crippen molar-refractivity contribution in [2.24, 2.45) is 17.1 Å². The summed E-state index contributed by atoms with van der Waals surface area (Å²) in [6.45, 7) is 5.59. The third-order valence-electron chi connectivity index (χ3n) is 3.12. The molecule has 0 aromatic carbocycles. The van der Waals surface area contributed by atoms with E-state index in [0.717, 1.165) is 12.5 Å². The Kier molecular flexibility index (Phi) is 3.91. The van der Waals surface area contributed by atoms with Crippen LogP contribution in [0, 0.1) is 11.3 Å². The van der Waals surface area contributed by atoms with E-state index >= 15 is 0 Å². The average Bonchev–Trinajstić information content (AvgIpc) is 2.06. The zero-order chi connectivity index (χ0) is 9.03. The van der Waals surface area contributed by atoms with Crippen LogP contribution in [-0.4, -0.2) is 18.1 Å². The number of hydrogen-bond donors (Lipinski definition) is 1. The van der Waals surface area contributed by atoms with Gasteiger partial charge in [0.1, 0.15) is 0 Å². The predicted octanol–water partition coefficient (Wildman–Crippen LogP) is 2.50. The van der Waals surface area contributed by atoms with Crippen LogP contribution < -0.4 is 5.73 Å². The fourth-order valence-electron chi connectivity index (χ4n) is 2.06. The van der Waals surface area contributed by atoms with Gasteiger partial charge in [0.15, 0.2) is 0 Å². The van der Waals surface area contributed by atoms with Crippen LogP contribution in [0.4, 0.5) is 0 Å². The van der Waals surface area contributed by atoms with Gasteiger partial charge in [-0.1, -0.05) is 13.8 Å². The van der Waals surface area contributed by atoms with E-state index in [1.807, 2.05) is 0 Å². The molecule has 0 unspecified atom stereocenters. The highest BCUT2D eigenvalue weighted by molar-refractivity contribution is 7.99. The van der Waals surface area contributed by atoms with Gasteiger partial charge in [-0.2, -0.15) is 11.8 Å². The standard InChI is InChI=1S/C10H21NS/c1-10(2,5-6-11)9-3-7-12-8-4-9/h9H,3-8,11H2,1-2H3. The van der Waals surface area contributed by atoms with Crippen molar-refractivity contribution in [3.05, 3.63) is 0 Å². The molecule has 0 aromatic heterocycles. The molecule has 1 heterocycles. The van der Waals surface area contributed by atoms with Crippen molar-refractivity contribution in [1.82, 2.24) is 0 Å². The molecule has 1 aliphatic rings. The largest absolute Gasteiger partial charge is 0.330 e. The zero-order valence-corrected chi connectivity index (χ0v) is 9.12. The minimum Gasteiger partial charge on any atom is -0.330 e. The smallest absolute Gasteiger partial charge is 0.00647 e. The van der Waals surface area contributed by atoms with Gasteiger partial charge in [-0.05, 0) is 48.6 Å². The summed E-state index contributed by atoms with van der Waals surface area (Å²) in [5.74, 6) is 3.64. The van der Waals surface area contributed by atoms with Gasteiger partial charge >= 0.3 is 0 Å². The molecule has 1 fully saturated rings. The lowest BCUT2D eigenvalue weighted by atomic mass is 9.73. The van der Waals surface area contributed by atoms with Gasteiger partial charge in [0, 0.05) is 0 Å². The molecule has 1 rings (SSSR count). The molecule has 0 aliphatic carbocycles. The predicted molar refractivity (Wildman–Crippen MR) is 57.5 cm³/mol. The molecule has 1 aliphatic heterocycles. The molecule has 1 saturated heterocycles. The Morgan fingerprint density at radius 1 is 1.33 bits per heavy atom. The number of thioether (sulfide) groups is 1. The quantitative estimate of drug-likeness (QED) is 0.734. The van der Waals surface area contributed by atoms with Gasteiger partial charge < -0.3 is 5.73 Å². The topological polar surface area (TPSA) is 26.0 Å². The van der Waals surface area contributed by atoms with Gasteiger partial charge in [0.2, 0.25) is 0 Å². The van der Waals surface area contributed by atoms with Gasteiger partial charge in [-0.3, -0.25) is 0 Å². The SMILES string of the molecule is CC(C)(CCN)C1CCSCC1. The summed E-state index contributed by atoms with van der Waals surface area (Å²) in [5, 5.41) is 0. The van der Waals surface area contributed by atoms with Gasteiger partial charge in [0.05, 0.1) is 0 Å². The van der Waals surface area contributed by atoms with Gasteiger partial charge in [-0.15, -0.1) is 0 Å². The molecule has 1 nitrogen and oxygen atoms in total. The fourth-order valence-corrected chi connectivity index (χ4v) is 3.16. The maximum atomic E-state index is 5.62. The molecular formula is C10H21NS. The molecule has 2 heteroatoms. The molecule has 2 N–H and O–H groups in total. The summed E-state index contributed by atoms with van der Waals surface area (Å²) in [4.78, 5) is 0. The molecule has 0 aromatic rings. The van der Waals surface area contributed by atoms with E-state index in [9.17, 15) is 0 Å². The van der Waals surface area contributed by atoms with Crippen LogP contribution >= 0.6 is 11.8 Å². The molecule has 72 valence electrons. The minimum absolute atomic E-state index is 0.482. The third-order valence-corrected chi connectivity index (χ3v) is 4.16. The Morgan fingerprint density at radius 2 is 1.92 bits per heavy atom. The van der Waals surface area contributed by atoms with E-state index in [-0.39, 0.29) is 0 Å². The lowest BCUT2D eigenvalue weighted by molar-refractivity contribution is 0.186. The first-order valence-corrected chi connectivity index (χ1v) is 6.10. The minimum atomic E-state index is 0.482. The molecule has 0 atom stereocenters. The van der Waals surface area contributed by atoms with E-state index in [1.165, 1.54) is 30.8 Å². The zero-order valence-electron chi connectivity index (χ0n) is 8.31. The van der Waals surface area contributed by atoms with E-state index < -0.39 is 0 Å². The van der Waals surface area contributed by atoms with Crippen molar-refractivity contribution in [2.45, 2.75) is 33.1 Å². The van der Waals surface area contributed by atoms with Crippen LogP contribution in [0.2, 0.25) is 0 Å². The second-order valence-electron chi connectivity index (χ2n) is 4.41. The number of rotatable bonds is 3. The first-order valence-electron chi connectivity index (χ1n) is 4.94. The van der Waals surface area contributed by atoms with E-state index in [2.05, 4.69) is 25.6 Å². The number of nitrogens with two attached hydrogens (primary N) is 1. The summed E-state index contributed by atoms with van der Waals surface area (Å²) in [5.41, 5.74) is 6.10. The highest BCUT2D eigenvalue weighted by atomic mass is 32.2. The Hall–Kier alpha value is 0.310. The summed E-state index contributed by atoms with van der Waals surface area (Å²) in [6, 6.07) is 0. The lowest BCUT2D eigenvalue weighted by Gasteiger charge is -2.36. The Labute approximate surface area is 80.5 Å². The van der Waals surface area contributed by atoms with Crippen LogP contribution in [0.15, 0.2) is 0 Å². The lowest BCUT2D eigenvalue weighted by Crippen LogP contribution is -2.29. The number of hydrogen-bond acceptors (Lipinski definition) is 2. The summed E-state index contributed by atoms with van der Waals surface area (Å²) in [6.07, 6.45) is 3.98. The molecule has 0 amide bonds. The Bertz CT molecular complexity index is 128. The van der Waals surface area contributed by atoms with Crippen LogP contribution in [-0.2, 0) is 0 Å². The van der Waals surface area contributed by atoms with Crippen LogP contribution in [0.3, 0.4) is 0 Å². The highest BCUT2D eigenvalue weighted by Crippen LogP contribution is 2.39. The molecule has 12 heavy (non-hydrogen) atoms. The second kappa shape index (κ2) is 4.52. The second-order valence-corrected chi connectivity index (χ2v) is 5.64. The van der Waals surface area contributed by atoms with Crippen molar-refractivity contribution in [1.29, 1.82) is 0 Å². The summed E-state index contributed by atoms with van der Waals surface area (Å²) >= 11 is 2.10. The summed E-state index contributed by atoms with van der Waals surface area (Å²) < 4.78 is 0. The van der Waals surface area contributed by atoms with Crippen molar-refractivity contribution in [3.63, 3.8) is 0 Å². The molecular weight excluding hydrogens is 166 g/mol. The van der Waals surface area contributed by atoms with E-state index in [1.54, 1.807) is 0 Å². The van der Waals surface area contributed by atoms with Gasteiger partial charge in [0.25, 0.3) is 0 Å². The highest BCUT2D eigenvalue weighted by Gasteiger charge is 2.29. The average molecular weight is 187 g/mol. The monoisotopic (exact) mass is 187 g/mol. The van der Waals surface area contributed by atoms with Crippen molar-refractivity contribution in [2.75, 3.05) is 18.1 Å². The van der Waals surface area contributed by atoms with Crippen LogP contribution in [0.1, 0.15) is 33.1 Å². The normalized spacial score (nSPS) is 21.2. The Balaban J connectivity index is 2.41. The van der Waals surface area contributed by atoms with E-state index in [4.69, 9.17) is 5.73 Å². The molecule has 0 saturated carbocycles. The van der Waals surface area contributed by atoms with Crippen molar-refractivity contribution >= 4 is 11.8 Å². The maximum Gasteiger partial charge on any atom is -0.00647 e. The van der Waals surface area contributed by atoms with Crippen LogP contribution in [0.5, 0.6) is 0 Å². The third kappa shape index (κ3) is 2.67.